The van der Waals surface area contributed by atoms with Crippen LogP contribution in [-0.2, 0) is 17.4 Å². The maximum atomic E-state index is 12.7. The third kappa shape index (κ3) is 5.42. The van der Waals surface area contributed by atoms with E-state index in [4.69, 9.17) is 16.3 Å². The molecule has 0 spiro atoms. The zero-order chi connectivity index (χ0) is 21.6. The summed E-state index contributed by atoms with van der Waals surface area (Å²) in [6.45, 7) is 5.70. The molecule has 0 aliphatic heterocycles. The summed E-state index contributed by atoms with van der Waals surface area (Å²) in [4.78, 5) is 11.8. The molecule has 6 nitrogen and oxygen atoms in total. The van der Waals surface area contributed by atoms with Gasteiger partial charge in [-0.25, -0.2) is 23.0 Å². The first-order chi connectivity index (χ1) is 13.9. The minimum Gasteiger partial charge on any atom is -0.493 e. The lowest BCUT2D eigenvalue weighted by molar-refractivity contribution is 0.138. The normalized spacial score (nSPS) is 11.9. The maximum Gasteiger partial charge on any atom is 0.239 e. The second-order valence-corrected chi connectivity index (χ2v) is 7.35. The predicted molar refractivity (Wildman–Crippen MR) is 112 cm³/mol. The molecule has 29 heavy (non-hydrogen) atoms. The van der Waals surface area contributed by atoms with Crippen LogP contribution in [-0.4, -0.2) is 32.7 Å². The summed E-state index contributed by atoms with van der Waals surface area (Å²) in [7, 11) is -0.143. The molecule has 1 atom stereocenters. The molecule has 2 aromatic heterocycles. The van der Waals surface area contributed by atoms with Crippen molar-refractivity contribution in [3.63, 3.8) is 0 Å². The van der Waals surface area contributed by atoms with Crippen molar-refractivity contribution in [1.29, 1.82) is 0 Å². The summed E-state index contributed by atoms with van der Waals surface area (Å²) in [5.74, 6) is 0.620. The summed E-state index contributed by atoms with van der Waals surface area (Å²) in [5, 5.41) is 1.13. The molecule has 2 N–H and O–H groups in total. The van der Waals surface area contributed by atoms with Crippen molar-refractivity contribution in [2.24, 2.45) is 0 Å². The average Bonchev–Trinajstić information content (AvgIpc) is 3.13. The number of anilines is 1. The van der Waals surface area contributed by atoms with Crippen molar-refractivity contribution in [3.8, 4) is 5.75 Å². The molecule has 0 bridgehead atoms. The highest BCUT2D eigenvalue weighted by molar-refractivity contribution is 7.86. The minimum atomic E-state index is -2.37. The second-order valence-electron chi connectivity index (χ2n) is 5.76. The number of aromatic amines is 1. The molecule has 2 heterocycles. The Morgan fingerprint density at radius 2 is 2.07 bits per heavy atom. The number of nitrogens with one attached hydrogen (secondary N) is 2. The highest BCUT2D eigenvalue weighted by atomic mass is 35.5. The van der Waals surface area contributed by atoms with Crippen LogP contribution in [0.15, 0.2) is 29.4 Å². The van der Waals surface area contributed by atoms with Gasteiger partial charge in [0.15, 0.2) is 16.7 Å². The standard InChI is InChI=1S/C17H17ClF2N4O2S.C2H6/c1-9-10(3-6-14(19)20)7-22-17(23-9)24-27(25)13-8-21-15-11(13)4-5-12(18)16(15)26-2;1-2/h4-5,7-8,14,21H,3,6H2,1-2H3,(H,22,23,24);1-2H3. The number of rotatable bonds is 7. The number of methoxy groups -OCH3 is 1. The van der Waals surface area contributed by atoms with Crippen molar-refractivity contribution in [2.75, 3.05) is 11.8 Å². The number of alkyl halides is 2. The van der Waals surface area contributed by atoms with E-state index in [1.54, 1.807) is 25.3 Å². The molecule has 0 saturated carbocycles. The Kier molecular flexibility index (Phi) is 8.33. The van der Waals surface area contributed by atoms with Gasteiger partial charge in [-0.2, -0.15) is 0 Å². The van der Waals surface area contributed by atoms with E-state index >= 15 is 0 Å². The number of nitrogens with zero attached hydrogens (tertiary/aromatic N) is 2. The molecule has 10 heteroatoms. The molecule has 0 aliphatic carbocycles. The molecule has 158 valence electrons. The van der Waals surface area contributed by atoms with Crippen LogP contribution in [0, 0.1) is 6.92 Å². The summed E-state index contributed by atoms with van der Waals surface area (Å²) >= 11 is 6.10. The molecular formula is C19H23ClF2N4O2S. The zero-order valence-electron chi connectivity index (χ0n) is 16.6. The van der Waals surface area contributed by atoms with E-state index in [9.17, 15) is 13.0 Å². The van der Waals surface area contributed by atoms with Gasteiger partial charge in [-0.1, -0.05) is 25.4 Å². The fraction of sp³-hybridized carbons (Fsp3) is 0.368. The van der Waals surface area contributed by atoms with Gasteiger partial charge in [0.25, 0.3) is 0 Å². The van der Waals surface area contributed by atoms with Crippen molar-refractivity contribution >= 4 is 39.4 Å². The topological polar surface area (TPSA) is 79.9 Å². The Hall–Kier alpha value is -2.26. The first-order valence-electron chi connectivity index (χ1n) is 9.03. The first kappa shape index (κ1) is 23.0. The van der Waals surface area contributed by atoms with Gasteiger partial charge in [0, 0.05) is 29.9 Å². The number of aromatic nitrogens is 3. The number of hydrogen-bond donors (Lipinski definition) is 2. The summed E-state index contributed by atoms with van der Waals surface area (Å²) in [6, 6.07) is 3.40. The van der Waals surface area contributed by atoms with Gasteiger partial charge in [-0.05, 0) is 31.0 Å². The van der Waals surface area contributed by atoms with Gasteiger partial charge in [-0.3, -0.25) is 4.72 Å². The molecule has 0 saturated heterocycles. The van der Waals surface area contributed by atoms with E-state index in [0.717, 1.165) is 0 Å². The molecule has 0 aliphatic rings. The number of aryl methyl sites for hydroxylation is 2. The highest BCUT2D eigenvalue weighted by Crippen LogP contribution is 2.35. The van der Waals surface area contributed by atoms with Gasteiger partial charge in [0.05, 0.1) is 22.5 Å². The Morgan fingerprint density at radius 3 is 2.69 bits per heavy atom. The van der Waals surface area contributed by atoms with Gasteiger partial charge in [0.1, 0.15) is 0 Å². The number of fused-ring (bicyclic) bond motifs is 1. The number of halogens is 3. The number of hydrogen-bond acceptors (Lipinski definition) is 4. The van der Waals surface area contributed by atoms with Gasteiger partial charge >= 0.3 is 0 Å². The van der Waals surface area contributed by atoms with Gasteiger partial charge in [0.2, 0.25) is 12.4 Å². The SMILES string of the molecule is CC.COc1c(Cl)ccc2c(S(=O)Nc3ncc(CCC(F)F)c(C)n3)c[nH]c12. The number of ether oxygens (including phenoxy) is 1. The lowest BCUT2D eigenvalue weighted by Gasteiger charge is -2.08. The molecule has 3 rings (SSSR count). The van der Waals surface area contributed by atoms with Crippen molar-refractivity contribution in [3.05, 3.63) is 40.8 Å². The van der Waals surface area contributed by atoms with Crippen LogP contribution in [0.4, 0.5) is 14.7 Å². The lowest BCUT2D eigenvalue weighted by Crippen LogP contribution is -2.09. The summed E-state index contributed by atoms with van der Waals surface area (Å²) < 4.78 is 45.4. The molecule has 1 aromatic carbocycles. The van der Waals surface area contributed by atoms with E-state index in [2.05, 4.69) is 19.7 Å². The van der Waals surface area contributed by atoms with E-state index in [1.165, 1.54) is 13.3 Å². The molecule has 3 aromatic rings. The first-order valence-corrected chi connectivity index (χ1v) is 10.6. The van der Waals surface area contributed by atoms with E-state index in [0.29, 0.717) is 37.8 Å². The summed E-state index contributed by atoms with van der Waals surface area (Å²) in [5.41, 5.74) is 1.84. The third-order valence-electron chi connectivity index (χ3n) is 4.02. The van der Waals surface area contributed by atoms with Crippen LogP contribution >= 0.6 is 11.6 Å². The zero-order valence-corrected chi connectivity index (χ0v) is 18.1. The quantitative estimate of drug-likeness (QED) is 0.519. The smallest absolute Gasteiger partial charge is 0.239 e. The fourth-order valence-corrected chi connectivity index (χ4v) is 3.81. The Morgan fingerprint density at radius 1 is 1.34 bits per heavy atom. The molecule has 0 radical (unpaired) electrons. The van der Waals surface area contributed by atoms with E-state index < -0.39 is 17.4 Å². The number of benzene rings is 1. The van der Waals surface area contributed by atoms with Crippen molar-refractivity contribution in [2.45, 2.75) is 44.9 Å². The van der Waals surface area contributed by atoms with E-state index in [1.807, 2.05) is 13.8 Å². The third-order valence-corrected chi connectivity index (χ3v) is 5.43. The largest absolute Gasteiger partial charge is 0.493 e. The highest BCUT2D eigenvalue weighted by Gasteiger charge is 2.17. The monoisotopic (exact) mass is 444 g/mol. The average molecular weight is 445 g/mol. The van der Waals surface area contributed by atoms with Crippen LogP contribution < -0.4 is 9.46 Å². The molecule has 1 unspecified atom stereocenters. The van der Waals surface area contributed by atoms with Crippen LogP contribution in [0.3, 0.4) is 0 Å². The van der Waals surface area contributed by atoms with Gasteiger partial charge < -0.3 is 9.72 Å². The maximum absolute atomic E-state index is 12.7. The fourth-order valence-electron chi connectivity index (χ4n) is 2.66. The Labute approximate surface area is 175 Å². The number of H-pyrrole nitrogens is 1. The Balaban J connectivity index is 0.00000145. The molecule has 0 amide bonds. The van der Waals surface area contributed by atoms with Crippen LogP contribution in [0.1, 0.15) is 31.5 Å². The van der Waals surface area contributed by atoms with Crippen molar-refractivity contribution in [1.82, 2.24) is 15.0 Å². The van der Waals surface area contributed by atoms with Crippen LogP contribution in [0.5, 0.6) is 5.75 Å². The minimum absolute atomic E-state index is 0.155. The second kappa shape index (κ2) is 10.5. The predicted octanol–water partition coefficient (Wildman–Crippen LogP) is 5.29. The lowest BCUT2D eigenvalue weighted by atomic mass is 10.1. The summed E-state index contributed by atoms with van der Waals surface area (Å²) in [6.07, 6.45) is 0.638. The van der Waals surface area contributed by atoms with Gasteiger partial charge in [-0.15, -0.1) is 0 Å². The van der Waals surface area contributed by atoms with Crippen LogP contribution in [0.25, 0.3) is 10.9 Å². The van der Waals surface area contributed by atoms with Crippen molar-refractivity contribution < 1.29 is 17.7 Å². The van der Waals surface area contributed by atoms with E-state index in [-0.39, 0.29) is 18.8 Å². The Bertz CT molecular complexity index is 998. The molecule has 0 fully saturated rings. The molecular weight excluding hydrogens is 422 g/mol. The van der Waals surface area contributed by atoms with Crippen LogP contribution in [0.2, 0.25) is 5.02 Å².